The average Bonchev–Trinajstić information content (AvgIpc) is 3.25. The molecule has 2 aromatic carbocycles. The first-order valence-corrected chi connectivity index (χ1v) is 10.3. The van der Waals surface area contributed by atoms with Gasteiger partial charge in [-0.3, -0.25) is 4.79 Å². The van der Waals surface area contributed by atoms with Gasteiger partial charge >= 0.3 is 0 Å². The molecule has 1 N–H and O–H groups in total. The van der Waals surface area contributed by atoms with Crippen LogP contribution in [0.25, 0.3) is 11.4 Å². The molecule has 0 radical (unpaired) electrons. The van der Waals surface area contributed by atoms with Gasteiger partial charge in [0.1, 0.15) is 5.82 Å². The quantitative estimate of drug-likeness (QED) is 0.614. The number of hydrogen-bond acceptors (Lipinski definition) is 5. The summed E-state index contributed by atoms with van der Waals surface area (Å²) in [6.07, 6.45) is 2.36. The van der Waals surface area contributed by atoms with Crippen LogP contribution in [0.15, 0.2) is 53.1 Å². The molecule has 0 saturated carbocycles. The van der Waals surface area contributed by atoms with Crippen LogP contribution in [0.2, 0.25) is 5.02 Å². The number of anilines is 1. The van der Waals surface area contributed by atoms with Crippen LogP contribution in [0.3, 0.4) is 0 Å². The molecule has 1 atom stereocenters. The number of likely N-dealkylation sites (tertiary alicyclic amines) is 1. The first-order valence-electron chi connectivity index (χ1n) is 9.94. The zero-order valence-electron chi connectivity index (χ0n) is 16.4. The molecular weight excluding hydrogens is 407 g/mol. The molecule has 6 nitrogen and oxygen atoms in total. The third kappa shape index (κ3) is 5.23. The number of carbonyl (C=O) groups excluding carboxylic acids is 1. The van der Waals surface area contributed by atoms with E-state index in [4.69, 9.17) is 16.1 Å². The number of halogens is 2. The van der Waals surface area contributed by atoms with Crippen LogP contribution in [-0.4, -0.2) is 40.6 Å². The van der Waals surface area contributed by atoms with E-state index in [-0.39, 0.29) is 17.6 Å². The van der Waals surface area contributed by atoms with Gasteiger partial charge in [0, 0.05) is 35.8 Å². The Morgan fingerprint density at radius 2 is 1.97 bits per heavy atom. The smallest absolute Gasteiger partial charge is 0.231 e. The number of aromatic nitrogens is 2. The number of benzene rings is 2. The number of nitrogens with zero attached hydrogens (tertiary/aromatic N) is 3. The number of nitrogens with one attached hydrogen (secondary N) is 1. The zero-order valence-corrected chi connectivity index (χ0v) is 17.1. The molecule has 4 rings (SSSR count). The lowest BCUT2D eigenvalue weighted by atomic mass is 9.98. The molecule has 1 aliphatic rings. The molecule has 1 saturated heterocycles. The van der Waals surface area contributed by atoms with Gasteiger partial charge in [0.25, 0.3) is 0 Å². The van der Waals surface area contributed by atoms with Crippen LogP contribution in [0, 0.1) is 5.82 Å². The standard InChI is InChI=1S/C22H22ClFN4O2/c23-17-5-9-19(10-6-17)25-20(29)11-13-28-12-1-2-16(14-28)22-26-21(27-30-22)15-3-7-18(24)8-4-15/h3-10,16H,1-2,11-14H2,(H,25,29). The van der Waals surface area contributed by atoms with Crippen molar-refractivity contribution in [2.45, 2.75) is 25.2 Å². The Kier molecular flexibility index (Phi) is 6.40. The first-order chi connectivity index (χ1) is 14.6. The van der Waals surface area contributed by atoms with E-state index in [0.29, 0.717) is 29.7 Å². The number of amides is 1. The van der Waals surface area contributed by atoms with Crippen molar-refractivity contribution in [3.63, 3.8) is 0 Å². The molecular formula is C22H22ClFN4O2. The van der Waals surface area contributed by atoms with Crippen molar-refractivity contribution in [3.8, 4) is 11.4 Å². The lowest BCUT2D eigenvalue weighted by Crippen LogP contribution is -2.36. The third-order valence-corrected chi connectivity index (χ3v) is 5.43. The maximum atomic E-state index is 13.1. The topological polar surface area (TPSA) is 71.3 Å². The van der Waals surface area contributed by atoms with Gasteiger partial charge in [0.15, 0.2) is 0 Å². The summed E-state index contributed by atoms with van der Waals surface area (Å²) in [7, 11) is 0. The first kappa shape index (κ1) is 20.5. The zero-order chi connectivity index (χ0) is 20.9. The van der Waals surface area contributed by atoms with Gasteiger partial charge in [-0.15, -0.1) is 0 Å². The normalized spacial score (nSPS) is 17.1. The van der Waals surface area contributed by atoms with Crippen LogP contribution < -0.4 is 5.32 Å². The fourth-order valence-corrected chi connectivity index (χ4v) is 3.72. The molecule has 2 heterocycles. The Balaban J connectivity index is 1.30. The van der Waals surface area contributed by atoms with E-state index in [9.17, 15) is 9.18 Å². The fraction of sp³-hybridized carbons (Fsp3) is 0.318. The third-order valence-electron chi connectivity index (χ3n) is 5.18. The second-order valence-corrected chi connectivity index (χ2v) is 7.84. The van der Waals surface area contributed by atoms with Gasteiger partial charge in [-0.25, -0.2) is 4.39 Å². The van der Waals surface area contributed by atoms with Crippen molar-refractivity contribution >= 4 is 23.2 Å². The lowest BCUT2D eigenvalue weighted by Gasteiger charge is -2.30. The van der Waals surface area contributed by atoms with Crippen LogP contribution in [0.1, 0.15) is 31.1 Å². The summed E-state index contributed by atoms with van der Waals surface area (Å²) < 4.78 is 18.6. The monoisotopic (exact) mass is 428 g/mol. The minimum absolute atomic E-state index is 0.0316. The van der Waals surface area contributed by atoms with Gasteiger partial charge in [0.2, 0.25) is 17.6 Å². The van der Waals surface area contributed by atoms with Crippen molar-refractivity contribution < 1.29 is 13.7 Å². The van der Waals surface area contributed by atoms with Gasteiger partial charge < -0.3 is 14.7 Å². The molecule has 156 valence electrons. The van der Waals surface area contributed by atoms with Crippen molar-refractivity contribution in [1.82, 2.24) is 15.0 Å². The molecule has 0 aliphatic carbocycles. The Morgan fingerprint density at radius 3 is 2.73 bits per heavy atom. The summed E-state index contributed by atoms with van der Waals surface area (Å²) in [6, 6.07) is 13.1. The van der Waals surface area contributed by atoms with Crippen LogP contribution in [0.4, 0.5) is 10.1 Å². The molecule has 1 fully saturated rings. The van der Waals surface area contributed by atoms with E-state index in [0.717, 1.165) is 37.2 Å². The number of carbonyl (C=O) groups is 1. The minimum atomic E-state index is -0.300. The summed E-state index contributed by atoms with van der Waals surface area (Å²) in [5, 5.41) is 7.56. The van der Waals surface area contributed by atoms with Crippen molar-refractivity contribution in [2.75, 3.05) is 25.0 Å². The van der Waals surface area contributed by atoms with Gasteiger partial charge in [-0.2, -0.15) is 4.98 Å². The van der Waals surface area contributed by atoms with Crippen LogP contribution >= 0.6 is 11.6 Å². The minimum Gasteiger partial charge on any atom is -0.339 e. The van der Waals surface area contributed by atoms with Crippen molar-refractivity contribution in [1.29, 1.82) is 0 Å². The predicted molar refractivity (Wildman–Crippen MR) is 113 cm³/mol. The summed E-state index contributed by atoms with van der Waals surface area (Å²) in [6.45, 7) is 2.36. The highest BCUT2D eigenvalue weighted by Crippen LogP contribution is 2.27. The summed E-state index contributed by atoms with van der Waals surface area (Å²) in [5.74, 6) is 0.843. The molecule has 1 aromatic heterocycles. The van der Waals surface area contributed by atoms with Gasteiger partial charge in [-0.1, -0.05) is 16.8 Å². The highest BCUT2D eigenvalue weighted by Gasteiger charge is 2.26. The van der Waals surface area contributed by atoms with E-state index in [1.165, 1.54) is 12.1 Å². The molecule has 1 unspecified atom stereocenters. The molecule has 1 aliphatic heterocycles. The Labute approximate surface area is 179 Å². The fourth-order valence-electron chi connectivity index (χ4n) is 3.59. The molecule has 0 bridgehead atoms. The summed E-state index contributed by atoms with van der Waals surface area (Å²) >= 11 is 5.87. The second kappa shape index (κ2) is 9.36. The highest BCUT2D eigenvalue weighted by atomic mass is 35.5. The largest absolute Gasteiger partial charge is 0.339 e. The number of rotatable bonds is 6. The van der Waals surface area contributed by atoms with E-state index >= 15 is 0 Å². The van der Waals surface area contributed by atoms with E-state index in [1.807, 2.05) is 0 Å². The predicted octanol–water partition coefficient (Wildman–Crippen LogP) is 4.74. The maximum absolute atomic E-state index is 13.1. The van der Waals surface area contributed by atoms with E-state index < -0.39 is 0 Å². The molecule has 8 heteroatoms. The van der Waals surface area contributed by atoms with E-state index in [2.05, 4.69) is 20.4 Å². The molecule has 3 aromatic rings. The second-order valence-electron chi connectivity index (χ2n) is 7.41. The lowest BCUT2D eigenvalue weighted by molar-refractivity contribution is -0.116. The van der Waals surface area contributed by atoms with Crippen LogP contribution in [0.5, 0.6) is 0 Å². The Bertz CT molecular complexity index is 991. The summed E-state index contributed by atoms with van der Waals surface area (Å²) in [4.78, 5) is 19.0. The number of hydrogen-bond donors (Lipinski definition) is 1. The summed E-state index contributed by atoms with van der Waals surface area (Å²) in [5.41, 5.74) is 1.46. The Morgan fingerprint density at radius 1 is 1.20 bits per heavy atom. The van der Waals surface area contributed by atoms with Gasteiger partial charge in [0.05, 0.1) is 5.92 Å². The SMILES string of the molecule is O=C(CCN1CCCC(c2nc(-c3ccc(F)cc3)no2)C1)Nc1ccc(Cl)cc1. The molecule has 1 amide bonds. The van der Waals surface area contributed by atoms with Crippen molar-refractivity contribution in [3.05, 3.63) is 65.3 Å². The maximum Gasteiger partial charge on any atom is 0.231 e. The number of piperidine rings is 1. The van der Waals surface area contributed by atoms with E-state index in [1.54, 1.807) is 36.4 Å². The van der Waals surface area contributed by atoms with Gasteiger partial charge in [-0.05, 0) is 67.9 Å². The molecule has 30 heavy (non-hydrogen) atoms. The Hall–Kier alpha value is -2.77. The molecule has 0 spiro atoms. The highest BCUT2D eigenvalue weighted by molar-refractivity contribution is 6.30. The average molecular weight is 429 g/mol. The van der Waals surface area contributed by atoms with Crippen molar-refractivity contribution in [2.24, 2.45) is 0 Å². The van der Waals surface area contributed by atoms with Crippen LogP contribution in [-0.2, 0) is 4.79 Å².